The van der Waals surface area contributed by atoms with Crippen molar-refractivity contribution in [3.05, 3.63) is 74.5 Å². The van der Waals surface area contributed by atoms with Gasteiger partial charge in [0.1, 0.15) is 5.82 Å². The Morgan fingerprint density at radius 3 is 2.37 bits per heavy atom. The summed E-state index contributed by atoms with van der Waals surface area (Å²) in [4.78, 5) is 19.6. The molecule has 186 valence electrons. The van der Waals surface area contributed by atoms with Gasteiger partial charge >= 0.3 is 6.18 Å². The highest BCUT2D eigenvalue weighted by molar-refractivity contribution is 7.88. The lowest BCUT2D eigenvalue weighted by molar-refractivity contribution is -0.137. The molecule has 0 amide bonds. The number of benzene rings is 2. The fraction of sp³-hybridized carbons (Fsp3) is 0.273. The van der Waals surface area contributed by atoms with Crippen molar-refractivity contribution in [2.75, 3.05) is 24.2 Å². The molecule has 0 saturated carbocycles. The van der Waals surface area contributed by atoms with Crippen LogP contribution in [0.3, 0.4) is 0 Å². The highest BCUT2D eigenvalue weighted by atomic mass is 35.5. The average Bonchev–Trinajstić information content (AvgIpc) is 3.19. The maximum atomic E-state index is 13.3. The van der Waals surface area contributed by atoms with E-state index < -0.39 is 27.3 Å². The molecule has 13 heteroatoms. The first-order valence-electron chi connectivity index (χ1n) is 10.3. The topological polar surface area (TPSA) is 84.3 Å². The standard InChI is InChI=1S/C22H19Cl2F3N4O3S/c1-35(33,34)29-15-8-9-30(12-15)19-11-20(32)31(16-5-2-13(3-6-16)22(25,26)27)21(28-19)17-7-4-14(23)10-18(17)24/h2-7,10-11,15,29H,8-9,12H2,1H3. The lowest BCUT2D eigenvalue weighted by Crippen LogP contribution is -2.36. The van der Waals surface area contributed by atoms with Crippen molar-refractivity contribution in [3.8, 4) is 17.1 Å². The van der Waals surface area contributed by atoms with Gasteiger partial charge in [-0.05, 0) is 48.9 Å². The van der Waals surface area contributed by atoms with Crippen molar-refractivity contribution in [1.29, 1.82) is 0 Å². The minimum atomic E-state index is -4.53. The molecule has 0 aliphatic carbocycles. The van der Waals surface area contributed by atoms with Crippen LogP contribution in [0.4, 0.5) is 19.0 Å². The Morgan fingerprint density at radius 2 is 1.77 bits per heavy atom. The molecule has 0 radical (unpaired) electrons. The van der Waals surface area contributed by atoms with Crippen LogP contribution in [0.1, 0.15) is 12.0 Å². The fourth-order valence-corrected chi connectivity index (χ4v) is 5.19. The Hall–Kier alpha value is -2.60. The molecule has 2 aromatic carbocycles. The number of rotatable bonds is 5. The molecule has 0 bridgehead atoms. The van der Waals surface area contributed by atoms with Gasteiger partial charge in [-0.3, -0.25) is 9.36 Å². The van der Waals surface area contributed by atoms with E-state index in [1.165, 1.54) is 28.8 Å². The number of sulfonamides is 1. The highest BCUT2D eigenvalue weighted by Crippen LogP contribution is 2.33. The SMILES string of the molecule is CS(=O)(=O)NC1CCN(c2cc(=O)n(-c3ccc(C(F)(F)F)cc3)c(-c3ccc(Cl)cc3Cl)n2)C1. The zero-order valence-electron chi connectivity index (χ0n) is 18.2. The largest absolute Gasteiger partial charge is 0.416 e. The lowest BCUT2D eigenvalue weighted by atomic mass is 10.1. The summed E-state index contributed by atoms with van der Waals surface area (Å²) in [6, 6.07) is 9.61. The number of nitrogens with one attached hydrogen (secondary N) is 1. The number of hydrogen-bond acceptors (Lipinski definition) is 5. The van der Waals surface area contributed by atoms with Gasteiger partial charge in [-0.2, -0.15) is 13.2 Å². The second kappa shape index (κ2) is 9.45. The van der Waals surface area contributed by atoms with E-state index in [0.717, 1.165) is 18.4 Å². The molecule has 1 aliphatic heterocycles. The molecule has 1 saturated heterocycles. The molecule has 1 aliphatic rings. The first-order chi connectivity index (χ1) is 16.3. The highest BCUT2D eigenvalue weighted by Gasteiger charge is 2.31. The van der Waals surface area contributed by atoms with Gasteiger partial charge in [-0.15, -0.1) is 0 Å². The molecule has 1 unspecified atom stereocenters. The summed E-state index contributed by atoms with van der Waals surface area (Å²) in [5.74, 6) is 0.394. The van der Waals surface area contributed by atoms with Gasteiger partial charge in [-0.25, -0.2) is 18.1 Å². The van der Waals surface area contributed by atoms with Crippen LogP contribution in [0.25, 0.3) is 17.1 Å². The van der Waals surface area contributed by atoms with E-state index >= 15 is 0 Å². The molecule has 7 nitrogen and oxygen atoms in total. The smallest absolute Gasteiger partial charge is 0.355 e. The van der Waals surface area contributed by atoms with E-state index in [-0.39, 0.29) is 34.9 Å². The molecule has 0 spiro atoms. The molecule has 1 fully saturated rings. The van der Waals surface area contributed by atoms with Gasteiger partial charge in [0, 0.05) is 35.8 Å². The second-order valence-electron chi connectivity index (χ2n) is 8.10. The van der Waals surface area contributed by atoms with E-state index in [4.69, 9.17) is 23.2 Å². The quantitative estimate of drug-likeness (QED) is 0.514. The van der Waals surface area contributed by atoms with Crippen LogP contribution < -0.4 is 15.2 Å². The van der Waals surface area contributed by atoms with Crippen LogP contribution >= 0.6 is 23.2 Å². The molecule has 1 aromatic heterocycles. The van der Waals surface area contributed by atoms with Crippen LogP contribution in [0.2, 0.25) is 10.0 Å². The number of nitrogens with zero attached hydrogens (tertiary/aromatic N) is 3. The zero-order valence-corrected chi connectivity index (χ0v) is 20.5. The molecule has 35 heavy (non-hydrogen) atoms. The number of hydrogen-bond donors (Lipinski definition) is 1. The predicted molar refractivity (Wildman–Crippen MR) is 129 cm³/mol. The molecule has 2 heterocycles. The van der Waals surface area contributed by atoms with Crippen LogP contribution in [-0.4, -0.2) is 43.4 Å². The monoisotopic (exact) mass is 546 g/mol. The second-order valence-corrected chi connectivity index (χ2v) is 10.7. The van der Waals surface area contributed by atoms with Crippen molar-refractivity contribution in [3.63, 3.8) is 0 Å². The molecular formula is C22H19Cl2F3N4O3S. The summed E-state index contributed by atoms with van der Waals surface area (Å²) in [7, 11) is -3.41. The predicted octanol–water partition coefficient (Wildman–Crippen LogP) is 4.35. The van der Waals surface area contributed by atoms with E-state index in [1.807, 2.05) is 0 Å². The summed E-state index contributed by atoms with van der Waals surface area (Å²) in [5.41, 5.74) is -0.886. The molecule has 1 atom stereocenters. The van der Waals surface area contributed by atoms with Gasteiger partial charge in [0.2, 0.25) is 10.0 Å². The fourth-order valence-electron chi connectivity index (χ4n) is 3.90. The van der Waals surface area contributed by atoms with Gasteiger partial charge in [0.25, 0.3) is 5.56 Å². The maximum Gasteiger partial charge on any atom is 0.416 e. The Bertz CT molecular complexity index is 1430. The van der Waals surface area contributed by atoms with Gasteiger partial charge < -0.3 is 4.90 Å². The van der Waals surface area contributed by atoms with Gasteiger partial charge in [0.05, 0.1) is 22.5 Å². The molecular weight excluding hydrogens is 528 g/mol. The van der Waals surface area contributed by atoms with E-state index in [2.05, 4.69) is 9.71 Å². The normalized spacial score (nSPS) is 16.6. The number of aromatic nitrogens is 2. The van der Waals surface area contributed by atoms with Gasteiger partial charge in [-0.1, -0.05) is 23.2 Å². The summed E-state index contributed by atoms with van der Waals surface area (Å²) in [5, 5.41) is 0.549. The number of alkyl halides is 3. The van der Waals surface area contributed by atoms with Crippen molar-refractivity contribution >= 4 is 39.0 Å². The summed E-state index contributed by atoms with van der Waals surface area (Å²) in [6.07, 6.45) is -2.95. The first kappa shape index (κ1) is 25.5. The van der Waals surface area contributed by atoms with Crippen LogP contribution in [0, 0.1) is 0 Å². The maximum absolute atomic E-state index is 13.3. The Labute approximate surface area is 209 Å². The van der Waals surface area contributed by atoms with Crippen LogP contribution in [0.5, 0.6) is 0 Å². The van der Waals surface area contributed by atoms with E-state index in [9.17, 15) is 26.4 Å². The first-order valence-corrected chi connectivity index (χ1v) is 13.0. The van der Waals surface area contributed by atoms with Gasteiger partial charge in [0.15, 0.2) is 5.82 Å². The third-order valence-corrected chi connectivity index (χ3v) is 6.73. The van der Waals surface area contributed by atoms with E-state index in [1.54, 1.807) is 17.0 Å². The summed E-state index contributed by atoms with van der Waals surface area (Å²) >= 11 is 12.4. The van der Waals surface area contributed by atoms with Crippen LogP contribution in [-0.2, 0) is 16.2 Å². The van der Waals surface area contributed by atoms with Crippen molar-refractivity contribution in [2.24, 2.45) is 0 Å². The summed E-state index contributed by atoms with van der Waals surface area (Å²) < 4.78 is 66.0. The number of anilines is 1. The van der Waals surface area contributed by atoms with Crippen molar-refractivity contribution < 1.29 is 21.6 Å². The van der Waals surface area contributed by atoms with Crippen molar-refractivity contribution in [1.82, 2.24) is 14.3 Å². The van der Waals surface area contributed by atoms with Crippen LogP contribution in [0.15, 0.2) is 53.3 Å². The lowest BCUT2D eigenvalue weighted by Gasteiger charge is -2.21. The minimum Gasteiger partial charge on any atom is -0.355 e. The Morgan fingerprint density at radius 1 is 1.09 bits per heavy atom. The third kappa shape index (κ3) is 5.80. The zero-order chi connectivity index (χ0) is 25.5. The van der Waals surface area contributed by atoms with E-state index in [0.29, 0.717) is 23.6 Å². The summed E-state index contributed by atoms with van der Waals surface area (Å²) in [6.45, 7) is 0.731. The number of halogens is 5. The molecule has 4 rings (SSSR count). The third-order valence-electron chi connectivity index (χ3n) is 5.42. The van der Waals surface area contributed by atoms with Crippen molar-refractivity contribution in [2.45, 2.75) is 18.6 Å². The molecule has 1 N–H and O–H groups in total. The molecule has 3 aromatic rings. The minimum absolute atomic E-state index is 0.105. The Kier molecular flexibility index (Phi) is 6.89. The Balaban J connectivity index is 1.82. The average molecular weight is 547 g/mol.